The normalized spacial score (nSPS) is 15.9. The van der Waals surface area contributed by atoms with Crippen LogP contribution in [-0.2, 0) is 9.59 Å². The van der Waals surface area contributed by atoms with Crippen LogP contribution in [0.15, 0.2) is 27.1 Å². The molecule has 3 heterocycles. The van der Waals surface area contributed by atoms with Gasteiger partial charge in [-0.25, -0.2) is 0 Å². The molecule has 134 valence electrons. The average molecular weight is 346 g/mol. The number of rotatable bonds is 5. The van der Waals surface area contributed by atoms with Crippen molar-refractivity contribution in [1.82, 2.24) is 15.4 Å². The molecule has 2 amide bonds. The number of anilines is 1. The first kappa shape index (κ1) is 17.2. The molecule has 2 aromatic heterocycles. The van der Waals surface area contributed by atoms with Gasteiger partial charge in [-0.15, -0.1) is 0 Å². The van der Waals surface area contributed by atoms with E-state index >= 15 is 0 Å². The summed E-state index contributed by atoms with van der Waals surface area (Å²) in [5, 5.41) is 8.73. The zero-order valence-corrected chi connectivity index (χ0v) is 14.4. The molecule has 3 rings (SSSR count). The molecule has 1 atom stereocenters. The molecule has 8 heteroatoms. The number of nitrogens with one attached hydrogen (secondary N) is 2. The van der Waals surface area contributed by atoms with Gasteiger partial charge in [0.15, 0.2) is 5.82 Å². The van der Waals surface area contributed by atoms with Crippen LogP contribution < -0.4 is 10.6 Å². The zero-order chi connectivity index (χ0) is 17.8. The second-order valence-corrected chi connectivity index (χ2v) is 6.19. The quantitative estimate of drug-likeness (QED) is 0.801. The van der Waals surface area contributed by atoms with E-state index < -0.39 is 11.8 Å². The van der Waals surface area contributed by atoms with E-state index in [1.54, 1.807) is 13.0 Å². The molecule has 8 nitrogen and oxygen atoms in total. The van der Waals surface area contributed by atoms with Gasteiger partial charge >= 0.3 is 11.8 Å². The second kappa shape index (κ2) is 7.52. The summed E-state index contributed by atoms with van der Waals surface area (Å²) in [6.07, 6.45) is 2.24. The van der Waals surface area contributed by atoms with E-state index in [1.165, 1.54) is 0 Å². The van der Waals surface area contributed by atoms with Crippen LogP contribution in [0.4, 0.5) is 5.82 Å². The van der Waals surface area contributed by atoms with E-state index in [9.17, 15) is 9.59 Å². The van der Waals surface area contributed by atoms with Crippen molar-refractivity contribution in [1.29, 1.82) is 0 Å². The lowest BCUT2D eigenvalue weighted by Gasteiger charge is -2.25. The Morgan fingerprint density at radius 1 is 1.20 bits per heavy atom. The fourth-order valence-corrected chi connectivity index (χ4v) is 2.96. The van der Waals surface area contributed by atoms with Crippen molar-refractivity contribution in [3.63, 3.8) is 0 Å². The molecule has 0 unspecified atom stereocenters. The fourth-order valence-electron chi connectivity index (χ4n) is 2.96. The lowest BCUT2D eigenvalue weighted by Crippen LogP contribution is -2.41. The van der Waals surface area contributed by atoms with Crippen LogP contribution in [0.5, 0.6) is 0 Å². The average Bonchev–Trinajstić information content (AvgIpc) is 3.31. The lowest BCUT2D eigenvalue weighted by atomic mass is 10.2. The predicted octanol–water partition coefficient (Wildman–Crippen LogP) is 1.78. The number of carbonyl (C=O) groups is 2. The minimum atomic E-state index is -0.774. The number of hydrogen-bond donors (Lipinski definition) is 2. The van der Waals surface area contributed by atoms with Gasteiger partial charge in [0.1, 0.15) is 17.3 Å². The maximum Gasteiger partial charge on any atom is 0.314 e. The first-order chi connectivity index (χ1) is 12.0. The Hall–Kier alpha value is -2.61. The summed E-state index contributed by atoms with van der Waals surface area (Å²) >= 11 is 0. The smallest absolute Gasteiger partial charge is 0.314 e. The summed E-state index contributed by atoms with van der Waals surface area (Å²) in [6, 6.07) is 5.29. The van der Waals surface area contributed by atoms with Gasteiger partial charge in [0, 0.05) is 12.6 Å². The molecule has 0 bridgehead atoms. The summed E-state index contributed by atoms with van der Waals surface area (Å²) in [4.78, 5) is 26.3. The molecule has 25 heavy (non-hydrogen) atoms. The first-order valence-corrected chi connectivity index (χ1v) is 8.36. The van der Waals surface area contributed by atoms with E-state index in [1.807, 2.05) is 19.1 Å². The van der Waals surface area contributed by atoms with Gasteiger partial charge in [0.25, 0.3) is 0 Å². The zero-order valence-electron chi connectivity index (χ0n) is 14.4. The Balaban J connectivity index is 1.60. The molecule has 0 spiro atoms. The van der Waals surface area contributed by atoms with Crippen LogP contribution in [-0.4, -0.2) is 41.5 Å². The van der Waals surface area contributed by atoms with Crippen molar-refractivity contribution in [3.8, 4) is 0 Å². The van der Waals surface area contributed by atoms with Crippen LogP contribution in [0.3, 0.4) is 0 Å². The molecule has 2 aromatic rings. The largest absolute Gasteiger partial charge is 0.465 e. The third-order valence-corrected chi connectivity index (χ3v) is 4.20. The molecule has 1 fully saturated rings. The minimum absolute atomic E-state index is 0.0813. The van der Waals surface area contributed by atoms with Crippen LogP contribution in [0, 0.1) is 13.8 Å². The summed E-state index contributed by atoms with van der Waals surface area (Å²) in [5.41, 5.74) is 0. The van der Waals surface area contributed by atoms with Crippen molar-refractivity contribution in [2.45, 2.75) is 32.7 Å². The standard InChI is InChI=1S/C17H22N4O4/c1-11-5-6-14(24-11)13(21-7-3-4-8-21)10-18-16(22)17(23)19-15-9-12(2)25-20-15/h5-6,9,13H,3-4,7-8,10H2,1-2H3,(H,18,22)(H,19,20,23)/t13-/m0/s1. The highest BCUT2D eigenvalue weighted by molar-refractivity contribution is 6.39. The summed E-state index contributed by atoms with van der Waals surface area (Å²) in [5.74, 6) is 0.905. The van der Waals surface area contributed by atoms with Gasteiger partial charge in [-0.3, -0.25) is 19.8 Å². The van der Waals surface area contributed by atoms with E-state index in [0.29, 0.717) is 12.3 Å². The summed E-state index contributed by atoms with van der Waals surface area (Å²) in [6.45, 7) is 5.79. The number of aromatic nitrogens is 1. The Morgan fingerprint density at radius 3 is 2.56 bits per heavy atom. The molecule has 1 aliphatic rings. The number of amides is 2. The van der Waals surface area contributed by atoms with E-state index in [2.05, 4.69) is 20.7 Å². The summed E-state index contributed by atoms with van der Waals surface area (Å²) < 4.78 is 10.6. The molecule has 1 saturated heterocycles. The molecular formula is C17H22N4O4. The number of likely N-dealkylation sites (tertiary alicyclic amines) is 1. The van der Waals surface area contributed by atoms with Crippen molar-refractivity contribution >= 4 is 17.6 Å². The molecular weight excluding hydrogens is 324 g/mol. The highest BCUT2D eigenvalue weighted by Gasteiger charge is 2.27. The van der Waals surface area contributed by atoms with Crippen LogP contribution in [0.25, 0.3) is 0 Å². The van der Waals surface area contributed by atoms with Gasteiger partial charge in [-0.05, 0) is 51.9 Å². The topological polar surface area (TPSA) is 101 Å². The highest BCUT2D eigenvalue weighted by atomic mass is 16.5. The number of carbonyl (C=O) groups excluding carboxylic acids is 2. The predicted molar refractivity (Wildman–Crippen MR) is 89.9 cm³/mol. The van der Waals surface area contributed by atoms with Gasteiger partial charge in [0.2, 0.25) is 0 Å². The fraction of sp³-hybridized carbons (Fsp3) is 0.471. The van der Waals surface area contributed by atoms with Gasteiger partial charge in [0.05, 0.1) is 6.04 Å². The van der Waals surface area contributed by atoms with Crippen molar-refractivity contribution in [2.24, 2.45) is 0 Å². The number of furan rings is 1. The van der Waals surface area contributed by atoms with Crippen molar-refractivity contribution in [3.05, 3.63) is 35.5 Å². The molecule has 0 radical (unpaired) electrons. The maximum absolute atomic E-state index is 12.1. The molecule has 2 N–H and O–H groups in total. The Morgan fingerprint density at radius 2 is 1.96 bits per heavy atom. The monoisotopic (exact) mass is 346 g/mol. The second-order valence-electron chi connectivity index (χ2n) is 6.19. The van der Waals surface area contributed by atoms with Crippen LogP contribution in [0.1, 0.15) is 36.2 Å². The number of aryl methyl sites for hydroxylation is 2. The number of nitrogens with zero attached hydrogens (tertiary/aromatic N) is 2. The molecule has 1 aliphatic heterocycles. The van der Waals surface area contributed by atoms with Crippen LogP contribution in [0.2, 0.25) is 0 Å². The maximum atomic E-state index is 12.1. The van der Waals surface area contributed by atoms with Crippen molar-refractivity contribution < 1.29 is 18.5 Å². The van der Waals surface area contributed by atoms with E-state index in [-0.39, 0.29) is 11.9 Å². The van der Waals surface area contributed by atoms with E-state index in [4.69, 9.17) is 8.94 Å². The molecule has 0 aromatic carbocycles. The highest BCUT2D eigenvalue weighted by Crippen LogP contribution is 2.26. The SMILES string of the molecule is Cc1cc(NC(=O)C(=O)NC[C@@H](c2ccc(C)o2)N2CCCC2)no1. The molecule has 0 saturated carbocycles. The third kappa shape index (κ3) is 4.27. The Bertz CT molecular complexity index is 745. The van der Waals surface area contributed by atoms with E-state index in [0.717, 1.165) is 37.5 Å². The van der Waals surface area contributed by atoms with Gasteiger partial charge < -0.3 is 14.3 Å². The first-order valence-electron chi connectivity index (χ1n) is 8.36. The van der Waals surface area contributed by atoms with Gasteiger partial charge in [-0.2, -0.15) is 0 Å². The summed E-state index contributed by atoms with van der Waals surface area (Å²) in [7, 11) is 0. The third-order valence-electron chi connectivity index (χ3n) is 4.20. The van der Waals surface area contributed by atoms with Gasteiger partial charge in [-0.1, -0.05) is 5.16 Å². The lowest BCUT2D eigenvalue weighted by molar-refractivity contribution is -0.136. The van der Waals surface area contributed by atoms with Crippen molar-refractivity contribution in [2.75, 3.05) is 25.0 Å². The minimum Gasteiger partial charge on any atom is -0.465 e. The number of hydrogen-bond acceptors (Lipinski definition) is 6. The Kier molecular flexibility index (Phi) is 5.18. The van der Waals surface area contributed by atoms with Crippen LogP contribution >= 0.6 is 0 Å². The Labute approximate surface area is 145 Å². The molecule has 0 aliphatic carbocycles.